The fraction of sp³-hybridized carbons (Fsp3) is 0.308. The molecule has 0 radical (unpaired) electrons. The van der Waals surface area contributed by atoms with Gasteiger partial charge in [-0.1, -0.05) is 11.6 Å². The van der Waals surface area contributed by atoms with Gasteiger partial charge in [-0.3, -0.25) is 9.69 Å². The van der Waals surface area contributed by atoms with Crippen molar-refractivity contribution >= 4 is 52.3 Å². The van der Waals surface area contributed by atoms with E-state index < -0.39 is 11.8 Å². The number of esters is 1. The lowest BCUT2D eigenvalue weighted by Crippen LogP contribution is -2.48. The number of amides is 2. The van der Waals surface area contributed by atoms with Gasteiger partial charge >= 0.3 is 12.0 Å². The van der Waals surface area contributed by atoms with Crippen molar-refractivity contribution in [2.75, 3.05) is 60.2 Å². The lowest BCUT2D eigenvalue weighted by Gasteiger charge is -2.35. The number of anilines is 5. The molecule has 0 saturated carbocycles. The first-order valence-corrected chi connectivity index (χ1v) is 12.6. The van der Waals surface area contributed by atoms with E-state index in [1.165, 1.54) is 18.2 Å². The van der Waals surface area contributed by atoms with Crippen LogP contribution in [-0.2, 0) is 9.53 Å². The molecular weight excluding hydrogens is 513 g/mol. The molecule has 2 amide bonds. The van der Waals surface area contributed by atoms with Crippen LogP contribution in [0.3, 0.4) is 0 Å². The minimum absolute atomic E-state index is 0.0717. The number of hydrogen-bond donors (Lipinski definition) is 3. The van der Waals surface area contributed by atoms with Gasteiger partial charge in [-0.25, -0.2) is 19.2 Å². The summed E-state index contributed by atoms with van der Waals surface area (Å²) in [6.45, 7) is 7.27. The van der Waals surface area contributed by atoms with E-state index in [0.29, 0.717) is 36.2 Å². The largest absolute Gasteiger partial charge is 0.465 e. The molecule has 1 aliphatic heterocycles. The Hall–Kier alpha value is -3.96. The highest BCUT2D eigenvalue weighted by molar-refractivity contribution is 6.31. The van der Waals surface area contributed by atoms with Crippen LogP contribution in [0.25, 0.3) is 0 Å². The van der Waals surface area contributed by atoms with E-state index in [4.69, 9.17) is 16.3 Å². The summed E-state index contributed by atoms with van der Waals surface area (Å²) in [5, 5.41) is 8.53. The molecule has 0 bridgehead atoms. The summed E-state index contributed by atoms with van der Waals surface area (Å²) in [5.74, 6) is 1.33. The Morgan fingerprint density at radius 2 is 1.63 bits per heavy atom. The van der Waals surface area contributed by atoms with Gasteiger partial charge in [-0.2, -0.15) is 0 Å². The van der Waals surface area contributed by atoms with Crippen LogP contribution in [-0.4, -0.2) is 66.2 Å². The fourth-order valence-corrected chi connectivity index (χ4v) is 4.13. The average molecular weight is 542 g/mol. The van der Waals surface area contributed by atoms with Gasteiger partial charge in [0.2, 0.25) is 0 Å². The zero-order valence-corrected chi connectivity index (χ0v) is 21.9. The second kappa shape index (κ2) is 12.5. The topological polar surface area (TPSA) is 112 Å². The quantitative estimate of drug-likeness (QED) is 0.353. The Balaban J connectivity index is 1.32. The van der Waals surface area contributed by atoms with Crippen molar-refractivity contribution in [3.63, 3.8) is 0 Å². The number of benzene rings is 2. The number of carbonyl (C=O) groups is 2. The van der Waals surface area contributed by atoms with Gasteiger partial charge in [0, 0.05) is 49.3 Å². The molecule has 2 aromatic carbocycles. The van der Waals surface area contributed by atoms with Gasteiger partial charge in [0.25, 0.3) is 0 Å². The number of piperazine rings is 1. The second-order valence-corrected chi connectivity index (χ2v) is 9.04. The van der Waals surface area contributed by atoms with Crippen molar-refractivity contribution in [1.82, 2.24) is 14.9 Å². The summed E-state index contributed by atoms with van der Waals surface area (Å²) in [7, 11) is 0. The molecule has 0 unspecified atom stereocenters. The predicted molar refractivity (Wildman–Crippen MR) is 146 cm³/mol. The summed E-state index contributed by atoms with van der Waals surface area (Å²) in [5.41, 5.74) is 1.73. The van der Waals surface area contributed by atoms with Crippen molar-refractivity contribution in [2.45, 2.75) is 13.8 Å². The summed E-state index contributed by atoms with van der Waals surface area (Å²) in [4.78, 5) is 37.3. The molecule has 3 N–H and O–H groups in total. The normalized spacial score (nSPS) is 13.6. The third kappa shape index (κ3) is 7.53. The maximum Gasteiger partial charge on any atom is 0.323 e. The van der Waals surface area contributed by atoms with E-state index in [1.807, 2.05) is 25.1 Å². The Labute approximate surface area is 225 Å². The number of rotatable bonds is 8. The second-order valence-electron chi connectivity index (χ2n) is 8.64. The van der Waals surface area contributed by atoms with Crippen LogP contribution in [0.15, 0.2) is 48.5 Å². The maximum atomic E-state index is 13.3. The van der Waals surface area contributed by atoms with E-state index in [1.54, 1.807) is 19.1 Å². The summed E-state index contributed by atoms with van der Waals surface area (Å²) in [6, 6.07) is 12.5. The number of nitrogens with zero attached hydrogens (tertiary/aromatic N) is 4. The Morgan fingerprint density at radius 3 is 2.32 bits per heavy atom. The Morgan fingerprint density at radius 1 is 0.974 bits per heavy atom. The van der Waals surface area contributed by atoms with Gasteiger partial charge in [0.05, 0.1) is 18.2 Å². The monoisotopic (exact) mass is 541 g/mol. The standard InChI is InChI=1S/C26H29ClFN7O3/c1-3-38-25(36)16-34-10-12-35(13-11-34)24-15-23(29-17(2)30-24)31-18-4-6-19(7-5-18)32-26(37)33-20-8-9-22(28)21(27)14-20/h4-9,14-15H,3,10-13,16H2,1-2H3,(H,29,30,31)(H2,32,33,37). The maximum absolute atomic E-state index is 13.3. The first-order valence-electron chi connectivity index (χ1n) is 12.2. The van der Waals surface area contributed by atoms with E-state index in [0.717, 1.165) is 37.7 Å². The predicted octanol–water partition coefficient (Wildman–Crippen LogP) is 4.65. The number of carbonyl (C=O) groups excluding carboxylic acids is 2. The van der Waals surface area contributed by atoms with Crippen molar-refractivity contribution < 1.29 is 18.7 Å². The number of ether oxygens (including phenoxy) is 1. The number of nitrogens with one attached hydrogen (secondary N) is 3. The third-order valence-corrected chi connectivity index (χ3v) is 6.06. The molecule has 1 aromatic heterocycles. The molecule has 10 nitrogen and oxygen atoms in total. The fourth-order valence-electron chi connectivity index (χ4n) is 3.95. The van der Waals surface area contributed by atoms with Crippen LogP contribution < -0.4 is 20.9 Å². The molecule has 1 saturated heterocycles. The Bertz CT molecular complexity index is 1280. The van der Waals surface area contributed by atoms with E-state index in [2.05, 4.69) is 35.7 Å². The Kier molecular flexibility index (Phi) is 8.93. The average Bonchev–Trinajstić information content (AvgIpc) is 2.88. The lowest BCUT2D eigenvalue weighted by molar-refractivity contribution is -0.144. The highest BCUT2D eigenvalue weighted by atomic mass is 35.5. The van der Waals surface area contributed by atoms with Crippen LogP contribution in [0.2, 0.25) is 5.02 Å². The van der Waals surface area contributed by atoms with Gasteiger partial charge in [-0.15, -0.1) is 0 Å². The molecule has 0 aliphatic carbocycles. The zero-order valence-electron chi connectivity index (χ0n) is 21.1. The van der Waals surface area contributed by atoms with Crippen LogP contribution in [0.1, 0.15) is 12.7 Å². The molecule has 0 atom stereocenters. The lowest BCUT2D eigenvalue weighted by atomic mass is 10.2. The van der Waals surface area contributed by atoms with Crippen LogP contribution in [0.4, 0.5) is 37.9 Å². The number of urea groups is 1. The van der Waals surface area contributed by atoms with Gasteiger partial charge in [-0.05, 0) is 56.3 Å². The minimum Gasteiger partial charge on any atom is -0.465 e. The number of aryl methyl sites for hydroxylation is 1. The van der Waals surface area contributed by atoms with E-state index in [-0.39, 0.29) is 11.0 Å². The number of hydrogen-bond acceptors (Lipinski definition) is 8. The molecular formula is C26H29ClFN7O3. The number of halogens is 2. The molecule has 12 heteroatoms. The van der Waals surface area contributed by atoms with Crippen LogP contribution in [0.5, 0.6) is 0 Å². The molecule has 1 aliphatic rings. The summed E-state index contributed by atoms with van der Waals surface area (Å²) >= 11 is 5.75. The molecule has 2 heterocycles. The highest BCUT2D eigenvalue weighted by Crippen LogP contribution is 2.23. The van der Waals surface area contributed by atoms with Crippen LogP contribution in [0, 0.1) is 12.7 Å². The zero-order chi connectivity index (χ0) is 27.1. The van der Waals surface area contributed by atoms with Crippen molar-refractivity contribution in [3.05, 3.63) is 65.2 Å². The molecule has 4 rings (SSSR count). The van der Waals surface area contributed by atoms with E-state index in [9.17, 15) is 14.0 Å². The van der Waals surface area contributed by atoms with Crippen molar-refractivity contribution in [1.29, 1.82) is 0 Å². The third-order valence-electron chi connectivity index (χ3n) is 5.77. The summed E-state index contributed by atoms with van der Waals surface area (Å²) < 4.78 is 18.3. The van der Waals surface area contributed by atoms with Crippen molar-refractivity contribution in [3.8, 4) is 0 Å². The first-order chi connectivity index (χ1) is 18.3. The van der Waals surface area contributed by atoms with Gasteiger partial charge < -0.3 is 25.6 Å². The molecule has 1 fully saturated rings. The number of aromatic nitrogens is 2. The smallest absolute Gasteiger partial charge is 0.323 e. The summed E-state index contributed by atoms with van der Waals surface area (Å²) in [6.07, 6.45) is 0. The van der Waals surface area contributed by atoms with Crippen LogP contribution >= 0.6 is 11.6 Å². The minimum atomic E-state index is -0.555. The SMILES string of the molecule is CCOC(=O)CN1CCN(c2cc(Nc3ccc(NC(=O)Nc4ccc(F)c(Cl)c4)cc3)nc(C)n2)CC1. The van der Waals surface area contributed by atoms with Crippen molar-refractivity contribution in [2.24, 2.45) is 0 Å². The van der Waals surface area contributed by atoms with Gasteiger partial charge in [0.1, 0.15) is 23.3 Å². The molecule has 3 aromatic rings. The van der Waals surface area contributed by atoms with E-state index >= 15 is 0 Å². The molecule has 38 heavy (non-hydrogen) atoms. The first kappa shape index (κ1) is 27.1. The molecule has 200 valence electrons. The highest BCUT2D eigenvalue weighted by Gasteiger charge is 2.21. The molecule has 0 spiro atoms. The van der Waals surface area contributed by atoms with Gasteiger partial charge in [0.15, 0.2) is 0 Å².